The zero-order valence-electron chi connectivity index (χ0n) is 9.74. The molecule has 2 atom stereocenters. The molecule has 2 N–H and O–H groups in total. The van der Waals surface area contributed by atoms with E-state index >= 15 is 0 Å². The number of benzene rings is 1. The molecular formula is C14H21N. The lowest BCUT2D eigenvalue weighted by Crippen LogP contribution is -2.37. The predicted octanol–water partition coefficient (Wildman–Crippen LogP) is 3.31. The second kappa shape index (κ2) is 3.97. The lowest BCUT2D eigenvalue weighted by molar-refractivity contribution is 0.198. The second-order valence-electron chi connectivity index (χ2n) is 5.59. The Balaban J connectivity index is 2.20. The molecule has 1 heteroatoms. The summed E-state index contributed by atoms with van der Waals surface area (Å²) in [4.78, 5) is 0. The molecule has 2 rings (SSSR count). The molecule has 2 unspecified atom stereocenters. The Morgan fingerprint density at radius 2 is 1.87 bits per heavy atom. The summed E-state index contributed by atoms with van der Waals surface area (Å²) in [7, 11) is 0. The minimum absolute atomic E-state index is 0.348. The van der Waals surface area contributed by atoms with Gasteiger partial charge >= 0.3 is 0 Å². The molecule has 15 heavy (non-hydrogen) atoms. The maximum atomic E-state index is 6.23. The first-order valence-electron chi connectivity index (χ1n) is 5.89. The molecule has 1 saturated carbocycles. The van der Waals surface area contributed by atoms with Crippen LogP contribution in [0.1, 0.15) is 44.6 Å². The van der Waals surface area contributed by atoms with Gasteiger partial charge in [0.25, 0.3) is 0 Å². The van der Waals surface area contributed by atoms with Gasteiger partial charge in [0.1, 0.15) is 0 Å². The van der Waals surface area contributed by atoms with Crippen LogP contribution in [0.15, 0.2) is 30.3 Å². The minimum atomic E-state index is 0.348. The van der Waals surface area contributed by atoms with Crippen molar-refractivity contribution in [2.24, 2.45) is 11.1 Å². The van der Waals surface area contributed by atoms with Gasteiger partial charge in [-0.3, -0.25) is 0 Å². The van der Waals surface area contributed by atoms with Crippen LogP contribution in [0.5, 0.6) is 0 Å². The summed E-state index contributed by atoms with van der Waals surface area (Å²) in [5.74, 6) is 0.551. The molecule has 1 aromatic rings. The van der Waals surface area contributed by atoms with E-state index in [-0.39, 0.29) is 0 Å². The fourth-order valence-electron chi connectivity index (χ4n) is 2.67. The summed E-state index contributed by atoms with van der Waals surface area (Å²) >= 11 is 0. The average Bonchev–Trinajstić information content (AvgIpc) is 2.23. The fraction of sp³-hybridized carbons (Fsp3) is 0.571. The van der Waals surface area contributed by atoms with Gasteiger partial charge in [-0.1, -0.05) is 44.2 Å². The Labute approximate surface area is 92.7 Å². The van der Waals surface area contributed by atoms with Crippen molar-refractivity contribution in [1.29, 1.82) is 0 Å². The Morgan fingerprint density at radius 1 is 1.20 bits per heavy atom. The molecule has 1 aliphatic carbocycles. The largest absolute Gasteiger partial charge is 0.327 e. The van der Waals surface area contributed by atoms with Crippen LogP contribution in [0.3, 0.4) is 0 Å². The van der Waals surface area contributed by atoms with Gasteiger partial charge in [0, 0.05) is 6.04 Å². The number of hydrogen-bond donors (Lipinski definition) is 1. The van der Waals surface area contributed by atoms with Gasteiger partial charge in [-0.25, -0.2) is 0 Å². The lowest BCUT2D eigenvalue weighted by Gasteiger charge is -2.39. The van der Waals surface area contributed by atoms with Crippen molar-refractivity contribution in [3.05, 3.63) is 35.9 Å². The van der Waals surface area contributed by atoms with Crippen molar-refractivity contribution < 1.29 is 0 Å². The van der Waals surface area contributed by atoms with E-state index in [4.69, 9.17) is 5.73 Å². The first kappa shape index (κ1) is 10.7. The van der Waals surface area contributed by atoms with Gasteiger partial charge in [0.05, 0.1) is 0 Å². The van der Waals surface area contributed by atoms with E-state index in [0.717, 1.165) is 6.42 Å². The maximum Gasteiger partial charge on any atom is 0.0108 e. The highest BCUT2D eigenvalue weighted by atomic mass is 14.7. The standard InChI is InChI=1S/C14H21N/c1-14(2)9-8-13(15)12(10-14)11-6-4-3-5-7-11/h3-7,12-13H,8-10,15H2,1-2H3. The Hall–Kier alpha value is -0.820. The van der Waals surface area contributed by atoms with Gasteiger partial charge in [0.2, 0.25) is 0 Å². The Kier molecular flexibility index (Phi) is 2.83. The summed E-state index contributed by atoms with van der Waals surface area (Å²) < 4.78 is 0. The Morgan fingerprint density at radius 3 is 2.53 bits per heavy atom. The van der Waals surface area contributed by atoms with Crippen molar-refractivity contribution in [2.45, 2.75) is 45.1 Å². The van der Waals surface area contributed by atoms with E-state index < -0.39 is 0 Å². The van der Waals surface area contributed by atoms with Crippen molar-refractivity contribution >= 4 is 0 Å². The topological polar surface area (TPSA) is 26.0 Å². The quantitative estimate of drug-likeness (QED) is 0.744. The van der Waals surface area contributed by atoms with E-state index in [1.165, 1.54) is 18.4 Å². The number of hydrogen-bond acceptors (Lipinski definition) is 1. The van der Waals surface area contributed by atoms with Crippen molar-refractivity contribution in [1.82, 2.24) is 0 Å². The number of nitrogens with two attached hydrogens (primary N) is 1. The summed E-state index contributed by atoms with van der Waals surface area (Å²) in [6.07, 6.45) is 3.64. The number of rotatable bonds is 1. The monoisotopic (exact) mass is 203 g/mol. The molecule has 0 heterocycles. The van der Waals surface area contributed by atoms with Gasteiger partial charge < -0.3 is 5.73 Å². The molecule has 0 amide bonds. The van der Waals surface area contributed by atoms with Crippen molar-refractivity contribution in [3.8, 4) is 0 Å². The van der Waals surface area contributed by atoms with Gasteiger partial charge in [0.15, 0.2) is 0 Å². The van der Waals surface area contributed by atoms with Crippen LogP contribution in [0.2, 0.25) is 0 Å². The third kappa shape index (κ3) is 2.40. The van der Waals surface area contributed by atoms with E-state index in [0.29, 0.717) is 17.4 Å². The van der Waals surface area contributed by atoms with Crippen LogP contribution < -0.4 is 5.73 Å². The molecule has 0 bridgehead atoms. The van der Waals surface area contributed by atoms with Gasteiger partial charge in [-0.05, 0) is 36.2 Å². The van der Waals surface area contributed by atoms with E-state index in [2.05, 4.69) is 44.2 Å². The van der Waals surface area contributed by atoms with E-state index in [9.17, 15) is 0 Å². The minimum Gasteiger partial charge on any atom is -0.327 e. The highest BCUT2D eigenvalue weighted by Crippen LogP contribution is 2.42. The van der Waals surface area contributed by atoms with Crippen LogP contribution in [0.25, 0.3) is 0 Å². The normalized spacial score (nSPS) is 30.1. The molecule has 0 saturated heterocycles. The smallest absolute Gasteiger partial charge is 0.0108 e. The fourth-order valence-corrected chi connectivity index (χ4v) is 2.67. The van der Waals surface area contributed by atoms with Crippen LogP contribution in [-0.4, -0.2) is 6.04 Å². The molecule has 0 aromatic heterocycles. The Bertz CT molecular complexity index is 315. The third-order valence-electron chi connectivity index (χ3n) is 3.67. The summed E-state index contributed by atoms with van der Waals surface area (Å²) in [5.41, 5.74) is 8.10. The highest BCUT2D eigenvalue weighted by Gasteiger charge is 2.33. The first-order chi connectivity index (χ1) is 7.08. The third-order valence-corrected chi connectivity index (χ3v) is 3.67. The zero-order valence-corrected chi connectivity index (χ0v) is 9.74. The summed E-state index contributed by atoms with van der Waals surface area (Å²) in [6, 6.07) is 11.1. The van der Waals surface area contributed by atoms with Crippen molar-refractivity contribution in [3.63, 3.8) is 0 Å². The summed E-state index contributed by atoms with van der Waals surface area (Å²) in [6.45, 7) is 4.71. The molecule has 82 valence electrons. The zero-order chi connectivity index (χ0) is 10.9. The first-order valence-corrected chi connectivity index (χ1v) is 5.89. The molecular weight excluding hydrogens is 182 g/mol. The molecule has 1 aromatic carbocycles. The van der Waals surface area contributed by atoms with Gasteiger partial charge in [-0.2, -0.15) is 0 Å². The molecule has 1 fully saturated rings. The van der Waals surface area contributed by atoms with E-state index in [1.54, 1.807) is 0 Å². The summed E-state index contributed by atoms with van der Waals surface area (Å²) in [5, 5.41) is 0. The van der Waals surface area contributed by atoms with Crippen LogP contribution >= 0.6 is 0 Å². The van der Waals surface area contributed by atoms with Crippen molar-refractivity contribution in [2.75, 3.05) is 0 Å². The molecule has 1 aliphatic rings. The second-order valence-corrected chi connectivity index (χ2v) is 5.59. The molecule has 0 radical (unpaired) electrons. The predicted molar refractivity (Wildman–Crippen MR) is 64.8 cm³/mol. The van der Waals surface area contributed by atoms with Crippen LogP contribution in [0, 0.1) is 5.41 Å². The SMILES string of the molecule is CC1(C)CCC(N)C(c2ccccc2)C1. The molecule has 0 spiro atoms. The lowest BCUT2D eigenvalue weighted by atomic mass is 9.68. The van der Waals surface area contributed by atoms with Crippen LogP contribution in [-0.2, 0) is 0 Å². The molecule has 1 nitrogen and oxygen atoms in total. The highest BCUT2D eigenvalue weighted by molar-refractivity contribution is 5.22. The maximum absolute atomic E-state index is 6.23. The van der Waals surface area contributed by atoms with E-state index in [1.807, 2.05) is 0 Å². The van der Waals surface area contributed by atoms with Crippen LogP contribution in [0.4, 0.5) is 0 Å². The average molecular weight is 203 g/mol. The van der Waals surface area contributed by atoms with Gasteiger partial charge in [-0.15, -0.1) is 0 Å². The molecule has 0 aliphatic heterocycles.